The van der Waals surface area contributed by atoms with E-state index in [1.54, 1.807) is 23.2 Å². The van der Waals surface area contributed by atoms with Crippen LogP contribution in [-0.4, -0.2) is 68.2 Å². The Labute approximate surface area is 185 Å². The first-order valence-corrected chi connectivity index (χ1v) is 11.4. The summed E-state index contributed by atoms with van der Waals surface area (Å²) in [4.78, 5) is 37.7. The van der Waals surface area contributed by atoms with Crippen LogP contribution in [0.2, 0.25) is 0 Å². The highest BCUT2D eigenvalue weighted by Gasteiger charge is 2.34. The number of pyridine rings is 1. The molecule has 0 aliphatic carbocycles. The van der Waals surface area contributed by atoms with Crippen LogP contribution < -0.4 is 10.5 Å². The molecule has 2 aromatic rings. The summed E-state index contributed by atoms with van der Waals surface area (Å²) in [6, 6.07) is 5.47. The highest BCUT2D eigenvalue weighted by Crippen LogP contribution is 2.34. The topological polar surface area (TPSA) is 61.2 Å². The van der Waals surface area contributed by atoms with Crippen LogP contribution in [-0.2, 0) is 4.79 Å². The molecule has 30 heavy (non-hydrogen) atoms. The molecule has 0 bridgehead atoms. The molecule has 2 aliphatic heterocycles. The molecule has 4 heterocycles. The number of hydrogen-bond acceptors (Lipinski definition) is 7. The second-order valence-corrected chi connectivity index (χ2v) is 9.33. The van der Waals surface area contributed by atoms with Gasteiger partial charge in [0.05, 0.1) is 10.5 Å². The molecule has 2 aromatic heterocycles. The fourth-order valence-electron chi connectivity index (χ4n) is 3.79. The summed E-state index contributed by atoms with van der Waals surface area (Å²) in [6.45, 7) is 10.4. The maximum atomic E-state index is 13.4. The number of hydrogen-bond donors (Lipinski definition) is 0. The number of likely N-dealkylation sites (N-methyl/N-ethyl adjacent to an activating group) is 1. The molecule has 0 spiro atoms. The van der Waals surface area contributed by atoms with Gasteiger partial charge in [-0.05, 0) is 38.6 Å². The monoisotopic (exact) mass is 443 g/mol. The number of amides is 1. The summed E-state index contributed by atoms with van der Waals surface area (Å²) in [7, 11) is 0. The predicted molar refractivity (Wildman–Crippen MR) is 126 cm³/mol. The van der Waals surface area contributed by atoms with Crippen molar-refractivity contribution in [3.63, 3.8) is 0 Å². The van der Waals surface area contributed by atoms with Gasteiger partial charge < -0.3 is 9.80 Å². The molecule has 0 N–H and O–H groups in total. The van der Waals surface area contributed by atoms with E-state index in [0.29, 0.717) is 26.3 Å². The second kappa shape index (κ2) is 8.49. The average Bonchev–Trinajstić information content (AvgIpc) is 3.03. The second-order valence-electron chi connectivity index (χ2n) is 7.65. The molecular formula is C21H25N5O2S2. The van der Waals surface area contributed by atoms with Gasteiger partial charge in [0.1, 0.15) is 15.8 Å². The van der Waals surface area contributed by atoms with Gasteiger partial charge in [0.25, 0.3) is 11.5 Å². The number of rotatable bonds is 4. The third-order valence-corrected chi connectivity index (χ3v) is 6.81. The minimum Gasteiger partial charge on any atom is -0.353 e. The Hall–Kier alpha value is -2.23. The van der Waals surface area contributed by atoms with E-state index in [9.17, 15) is 9.59 Å². The first-order chi connectivity index (χ1) is 14.4. The van der Waals surface area contributed by atoms with Crippen molar-refractivity contribution in [3.05, 3.63) is 45.2 Å². The zero-order valence-electron chi connectivity index (χ0n) is 17.4. The molecule has 0 radical (unpaired) electrons. The van der Waals surface area contributed by atoms with E-state index in [4.69, 9.17) is 17.2 Å². The molecule has 7 nitrogen and oxygen atoms in total. The van der Waals surface area contributed by atoms with Crippen molar-refractivity contribution in [1.29, 1.82) is 0 Å². The maximum Gasteiger partial charge on any atom is 0.267 e. The summed E-state index contributed by atoms with van der Waals surface area (Å²) in [5, 5.41) is 0. The van der Waals surface area contributed by atoms with Crippen LogP contribution in [0.25, 0.3) is 11.7 Å². The van der Waals surface area contributed by atoms with E-state index in [-0.39, 0.29) is 17.5 Å². The van der Waals surface area contributed by atoms with E-state index in [1.807, 2.05) is 26.0 Å². The quantitative estimate of drug-likeness (QED) is 0.531. The van der Waals surface area contributed by atoms with Crippen molar-refractivity contribution >= 4 is 51.7 Å². The Bertz CT molecular complexity index is 1090. The fourth-order valence-corrected chi connectivity index (χ4v) is 5.30. The van der Waals surface area contributed by atoms with Gasteiger partial charge in [0.15, 0.2) is 0 Å². The van der Waals surface area contributed by atoms with E-state index in [0.717, 1.165) is 32.7 Å². The summed E-state index contributed by atoms with van der Waals surface area (Å²) >= 11 is 6.64. The lowest BCUT2D eigenvalue weighted by atomic mass is 10.2. The van der Waals surface area contributed by atoms with Gasteiger partial charge in [-0.25, -0.2) is 4.98 Å². The Morgan fingerprint density at radius 3 is 2.57 bits per heavy atom. The molecule has 0 aromatic carbocycles. The van der Waals surface area contributed by atoms with Gasteiger partial charge in [0.2, 0.25) is 0 Å². The highest BCUT2D eigenvalue weighted by atomic mass is 32.2. The first-order valence-electron chi connectivity index (χ1n) is 10.2. The molecule has 0 atom stereocenters. The molecule has 9 heteroatoms. The number of thioether (sulfide) groups is 1. The molecule has 2 aliphatic rings. The molecule has 158 valence electrons. The highest BCUT2D eigenvalue weighted by molar-refractivity contribution is 8.26. The van der Waals surface area contributed by atoms with E-state index >= 15 is 0 Å². The van der Waals surface area contributed by atoms with Gasteiger partial charge in [-0.1, -0.05) is 37.0 Å². The van der Waals surface area contributed by atoms with E-state index in [1.165, 1.54) is 16.2 Å². The number of piperazine rings is 1. The van der Waals surface area contributed by atoms with E-state index in [2.05, 4.69) is 16.7 Å². The molecule has 1 amide bonds. The van der Waals surface area contributed by atoms with Crippen LogP contribution in [0.3, 0.4) is 0 Å². The summed E-state index contributed by atoms with van der Waals surface area (Å²) in [6.07, 6.45) is 3.39. The molecular weight excluding hydrogens is 418 g/mol. The maximum absolute atomic E-state index is 13.4. The number of aromatic nitrogens is 2. The standard InChI is InChI=1S/C21H25N5O2S2/c1-4-23-9-11-24(12-10-23)18-15(19(27)25-8-6-5-7-17(25)22-18)13-16-20(28)26(14(2)3)21(29)30-16/h5-8,13-14H,4,9-12H2,1-3H3/b16-13-. The van der Waals surface area contributed by atoms with Crippen LogP contribution in [0.5, 0.6) is 0 Å². The van der Waals surface area contributed by atoms with Crippen molar-refractivity contribution in [2.24, 2.45) is 0 Å². The van der Waals surface area contributed by atoms with Crippen LogP contribution in [0, 0.1) is 0 Å². The molecule has 2 fully saturated rings. The number of carbonyl (C=O) groups is 1. The molecule has 2 saturated heterocycles. The third-order valence-electron chi connectivity index (χ3n) is 5.48. The number of carbonyl (C=O) groups excluding carboxylic acids is 1. The number of thiocarbonyl (C=S) groups is 1. The summed E-state index contributed by atoms with van der Waals surface area (Å²) < 4.78 is 2.05. The number of nitrogens with zero attached hydrogens (tertiary/aromatic N) is 5. The summed E-state index contributed by atoms with van der Waals surface area (Å²) in [5.41, 5.74) is 0.860. The van der Waals surface area contributed by atoms with Gasteiger partial charge in [-0.2, -0.15) is 0 Å². The minimum atomic E-state index is -0.177. The van der Waals surface area contributed by atoms with Crippen molar-refractivity contribution in [2.45, 2.75) is 26.8 Å². The predicted octanol–water partition coefficient (Wildman–Crippen LogP) is 2.45. The van der Waals surface area contributed by atoms with Gasteiger partial charge in [-0.3, -0.25) is 18.9 Å². The number of anilines is 1. The van der Waals surface area contributed by atoms with Gasteiger partial charge in [-0.15, -0.1) is 0 Å². The van der Waals surface area contributed by atoms with Gasteiger partial charge >= 0.3 is 0 Å². The Balaban J connectivity index is 1.82. The lowest BCUT2D eigenvalue weighted by Gasteiger charge is -2.35. The minimum absolute atomic E-state index is 0.0270. The molecule has 4 rings (SSSR count). The van der Waals surface area contributed by atoms with E-state index < -0.39 is 0 Å². The van der Waals surface area contributed by atoms with Crippen LogP contribution in [0.4, 0.5) is 5.82 Å². The van der Waals surface area contributed by atoms with Crippen molar-refractivity contribution < 1.29 is 4.79 Å². The first kappa shape index (κ1) is 21.0. The smallest absolute Gasteiger partial charge is 0.267 e. The lowest BCUT2D eigenvalue weighted by molar-refractivity contribution is -0.123. The van der Waals surface area contributed by atoms with Gasteiger partial charge in [0, 0.05) is 38.4 Å². The Kier molecular flexibility index (Phi) is 5.95. The normalized spacial score (nSPS) is 19.7. The SMILES string of the molecule is CCN1CCN(c2nc3ccccn3c(=O)c2/C=C2\SC(=S)N(C(C)C)C2=O)CC1. The Morgan fingerprint density at radius 1 is 1.20 bits per heavy atom. The zero-order chi connectivity index (χ0) is 21.4. The van der Waals surface area contributed by atoms with Crippen molar-refractivity contribution in [1.82, 2.24) is 19.2 Å². The van der Waals surface area contributed by atoms with Crippen LogP contribution >= 0.6 is 24.0 Å². The molecule has 0 unspecified atom stereocenters. The average molecular weight is 444 g/mol. The van der Waals surface area contributed by atoms with Crippen LogP contribution in [0.15, 0.2) is 34.1 Å². The fraction of sp³-hybridized carbons (Fsp3) is 0.429. The summed E-state index contributed by atoms with van der Waals surface area (Å²) in [5.74, 6) is 0.482. The third kappa shape index (κ3) is 3.77. The largest absolute Gasteiger partial charge is 0.353 e. The Morgan fingerprint density at radius 2 is 1.93 bits per heavy atom. The number of fused-ring (bicyclic) bond motifs is 1. The van der Waals surface area contributed by atoms with Crippen molar-refractivity contribution in [3.8, 4) is 0 Å². The molecule has 0 saturated carbocycles. The van der Waals surface area contributed by atoms with Crippen molar-refractivity contribution in [2.75, 3.05) is 37.6 Å². The zero-order valence-corrected chi connectivity index (χ0v) is 19.0. The van der Waals surface area contributed by atoms with Crippen LogP contribution in [0.1, 0.15) is 26.3 Å². The lowest BCUT2D eigenvalue weighted by Crippen LogP contribution is -2.47.